The van der Waals surface area contributed by atoms with E-state index in [-0.39, 0.29) is 17.2 Å². The SMILES string of the molecule is FC1(F)c2cc(-c3ccc4nc(-c5ccc[nH]5)[nH]c4c3)ccc2-c2ccc(-c3cnc([C@@H]4CC5(CC5)CN4)[nH]3)cc2C1(F)F. The summed E-state index contributed by atoms with van der Waals surface area (Å²) in [6.07, 6.45) is 6.78. The van der Waals surface area contributed by atoms with Gasteiger partial charge in [0.2, 0.25) is 0 Å². The second kappa shape index (κ2) is 8.69. The molecule has 3 aliphatic rings. The van der Waals surface area contributed by atoms with Gasteiger partial charge in [-0.1, -0.05) is 30.3 Å². The van der Waals surface area contributed by atoms with Gasteiger partial charge in [0.15, 0.2) is 5.82 Å². The lowest BCUT2D eigenvalue weighted by molar-refractivity contribution is -0.225. The van der Waals surface area contributed by atoms with E-state index in [4.69, 9.17) is 0 Å². The lowest BCUT2D eigenvalue weighted by atomic mass is 9.78. The molecule has 1 aliphatic heterocycles. The highest BCUT2D eigenvalue weighted by molar-refractivity contribution is 5.86. The van der Waals surface area contributed by atoms with E-state index in [2.05, 4.69) is 30.2 Å². The number of halogens is 4. The van der Waals surface area contributed by atoms with E-state index in [1.807, 2.05) is 12.1 Å². The third-order valence-corrected chi connectivity index (χ3v) is 9.62. The third-order valence-electron chi connectivity index (χ3n) is 9.62. The monoisotopic (exact) mass is 594 g/mol. The van der Waals surface area contributed by atoms with E-state index in [1.54, 1.807) is 42.7 Å². The summed E-state index contributed by atoms with van der Waals surface area (Å²) < 4.78 is 63.1. The van der Waals surface area contributed by atoms with Gasteiger partial charge in [-0.25, -0.2) is 9.97 Å². The number of hydrogen-bond donors (Lipinski definition) is 4. The van der Waals surface area contributed by atoms with Gasteiger partial charge in [-0.2, -0.15) is 17.6 Å². The van der Waals surface area contributed by atoms with E-state index >= 15 is 17.6 Å². The molecule has 3 aromatic carbocycles. The van der Waals surface area contributed by atoms with Gasteiger partial charge in [0, 0.05) is 29.4 Å². The first kappa shape index (κ1) is 25.8. The van der Waals surface area contributed by atoms with Gasteiger partial charge in [0.05, 0.1) is 34.7 Å². The van der Waals surface area contributed by atoms with Crippen molar-refractivity contribution in [2.24, 2.45) is 5.41 Å². The molecule has 2 fully saturated rings. The Balaban J connectivity index is 1.08. The summed E-state index contributed by atoms with van der Waals surface area (Å²) in [6.45, 7) is 0.946. The zero-order valence-corrected chi connectivity index (χ0v) is 23.3. The van der Waals surface area contributed by atoms with Crippen molar-refractivity contribution in [2.75, 3.05) is 6.54 Å². The molecule has 6 nitrogen and oxygen atoms in total. The molecule has 4 N–H and O–H groups in total. The normalized spacial score (nSPS) is 20.6. The minimum Gasteiger partial charge on any atom is -0.359 e. The number of aromatic nitrogens is 5. The summed E-state index contributed by atoms with van der Waals surface area (Å²) in [5.74, 6) is -7.46. The van der Waals surface area contributed by atoms with Crippen LogP contribution in [-0.2, 0) is 11.8 Å². The van der Waals surface area contributed by atoms with Crippen LogP contribution in [0.3, 0.4) is 0 Å². The van der Waals surface area contributed by atoms with Crippen molar-refractivity contribution in [1.29, 1.82) is 0 Å². The number of benzene rings is 3. The maximum atomic E-state index is 15.8. The average Bonchev–Trinajstić information content (AvgIpc) is 3.57. The Morgan fingerprint density at radius 1 is 0.750 bits per heavy atom. The molecule has 1 atom stereocenters. The topological polar surface area (TPSA) is 85.2 Å². The van der Waals surface area contributed by atoms with Crippen LogP contribution in [0.25, 0.3) is 56.1 Å². The van der Waals surface area contributed by atoms with Crippen LogP contribution < -0.4 is 5.32 Å². The number of hydrogen-bond acceptors (Lipinski definition) is 3. The predicted molar refractivity (Wildman–Crippen MR) is 159 cm³/mol. The summed E-state index contributed by atoms with van der Waals surface area (Å²) in [4.78, 5) is 18.6. The Morgan fingerprint density at radius 2 is 1.45 bits per heavy atom. The Hall–Kier alpha value is -4.70. The summed E-state index contributed by atoms with van der Waals surface area (Å²) in [5, 5.41) is 3.49. The molecular weight excluding hydrogens is 568 g/mol. The number of H-pyrrole nitrogens is 3. The van der Waals surface area contributed by atoms with Crippen molar-refractivity contribution in [3.05, 3.63) is 96.1 Å². The number of rotatable bonds is 4. The summed E-state index contributed by atoms with van der Waals surface area (Å²) in [7, 11) is 0. The summed E-state index contributed by atoms with van der Waals surface area (Å²) >= 11 is 0. The van der Waals surface area contributed by atoms with E-state index in [0.29, 0.717) is 44.7 Å². The average molecular weight is 595 g/mol. The minimum atomic E-state index is -4.42. The van der Waals surface area contributed by atoms with E-state index in [0.717, 1.165) is 24.5 Å². The fourth-order valence-corrected chi connectivity index (χ4v) is 6.89. The van der Waals surface area contributed by atoms with Gasteiger partial charge in [0.1, 0.15) is 5.82 Å². The van der Waals surface area contributed by atoms with Crippen molar-refractivity contribution < 1.29 is 17.6 Å². The third kappa shape index (κ3) is 3.70. The zero-order valence-electron chi connectivity index (χ0n) is 23.3. The van der Waals surface area contributed by atoms with E-state index in [9.17, 15) is 0 Å². The molecule has 10 heteroatoms. The Kier molecular flexibility index (Phi) is 5.09. The highest BCUT2D eigenvalue weighted by Gasteiger charge is 2.62. The predicted octanol–water partition coefficient (Wildman–Crippen LogP) is 8.29. The molecule has 2 aliphatic carbocycles. The van der Waals surface area contributed by atoms with Gasteiger partial charge < -0.3 is 20.3 Å². The number of nitrogens with one attached hydrogen (secondary N) is 4. The largest absolute Gasteiger partial charge is 0.359 e. The molecule has 0 amide bonds. The van der Waals surface area contributed by atoms with Crippen LogP contribution in [0, 0.1) is 5.41 Å². The molecule has 4 heterocycles. The van der Waals surface area contributed by atoms with Crippen LogP contribution in [-0.4, -0.2) is 31.5 Å². The van der Waals surface area contributed by atoms with Crippen LogP contribution in [0.1, 0.15) is 42.3 Å². The number of alkyl halides is 4. The minimum absolute atomic E-state index is 0.0748. The first-order valence-corrected chi connectivity index (χ1v) is 14.7. The fourth-order valence-electron chi connectivity index (χ4n) is 6.89. The molecule has 9 rings (SSSR count). The highest BCUT2D eigenvalue weighted by atomic mass is 19.3. The van der Waals surface area contributed by atoms with Crippen LogP contribution >= 0.6 is 0 Å². The lowest BCUT2D eigenvalue weighted by Crippen LogP contribution is -2.39. The molecular formula is C34H26F4N6. The van der Waals surface area contributed by atoms with Gasteiger partial charge in [-0.05, 0) is 83.3 Å². The lowest BCUT2D eigenvalue weighted by Gasteiger charge is -2.35. The molecule has 6 aromatic rings. The Morgan fingerprint density at radius 3 is 2.16 bits per heavy atom. The molecule has 1 saturated heterocycles. The fraction of sp³-hybridized carbons (Fsp3) is 0.235. The van der Waals surface area contributed by atoms with Crippen molar-refractivity contribution in [3.8, 4) is 45.0 Å². The standard InChI is InChI=1S/C34H26F4N6/c35-33(36)23-12-18(19-5-8-25-27(14-19)43-31(42-25)26-2-1-11-39-26)3-6-21(23)22-7-4-20(13-24(22)34(33,37)38)29-16-40-30(44-29)28-15-32(9-10-32)17-41-28/h1-8,11-14,16,28,39,41H,9-10,15,17H2,(H,40,44)(H,42,43)/t28-/m0/s1. The van der Waals surface area contributed by atoms with Crippen LogP contribution in [0.4, 0.5) is 17.6 Å². The molecule has 3 aromatic heterocycles. The second-order valence-corrected chi connectivity index (χ2v) is 12.4. The van der Waals surface area contributed by atoms with Crippen molar-refractivity contribution in [1.82, 2.24) is 30.2 Å². The maximum absolute atomic E-state index is 15.8. The van der Waals surface area contributed by atoms with Crippen molar-refractivity contribution >= 4 is 11.0 Å². The molecule has 1 spiro atoms. The smallest absolute Gasteiger partial charge is 0.340 e. The quantitative estimate of drug-likeness (QED) is 0.155. The molecule has 1 saturated carbocycles. The second-order valence-electron chi connectivity index (χ2n) is 12.4. The molecule has 220 valence electrons. The van der Waals surface area contributed by atoms with E-state index < -0.39 is 23.0 Å². The van der Waals surface area contributed by atoms with Gasteiger partial charge >= 0.3 is 11.8 Å². The van der Waals surface area contributed by atoms with E-state index in [1.165, 1.54) is 37.1 Å². The van der Waals surface area contributed by atoms with Crippen LogP contribution in [0.2, 0.25) is 0 Å². The molecule has 0 unspecified atom stereocenters. The maximum Gasteiger partial charge on any atom is 0.340 e. The number of imidazole rings is 2. The Labute approximate surface area is 249 Å². The Bertz CT molecular complexity index is 2090. The molecule has 0 bridgehead atoms. The zero-order chi connectivity index (χ0) is 29.8. The van der Waals surface area contributed by atoms with Gasteiger partial charge in [-0.3, -0.25) is 0 Å². The number of fused-ring (bicyclic) bond motifs is 4. The number of aromatic amines is 3. The van der Waals surface area contributed by atoms with Crippen LogP contribution in [0.15, 0.2) is 79.1 Å². The van der Waals surface area contributed by atoms with Gasteiger partial charge in [-0.15, -0.1) is 0 Å². The molecule has 0 radical (unpaired) electrons. The van der Waals surface area contributed by atoms with Crippen LogP contribution in [0.5, 0.6) is 0 Å². The van der Waals surface area contributed by atoms with Crippen molar-refractivity contribution in [2.45, 2.75) is 37.1 Å². The summed E-state index contributed by atoms with van der Waals surface area (Å²) in [5.41, 5.74) is 3.33. The first-order valence-electron chi connectivity index (χ1n) is 14.7. The van der Waals surface area contributed by atoms with Crippen molar-refractivity contribution in [3.63, 3.8) is 0 Å². The first-order chi connectivity index (χ1) is 21.2. The number of nitrogens with zero attached hydrogens (tertiary/aromatic N) is 2. The molecule has 44 heavy (non-hydrogen) atoms. The highest BCUT2D eigenvalue weighted by Crippen LogP contribution is 2.59. The summed E-state index contributed by atoms with van der Waals surface area (Å²) in [6, 6.07) is 17.9. The van der Waals surface area contributed by atoms with Gasteiger partial charge in [0.25, 0.3) is 0 Å².